The Balaban J connectivity index is 1.25. The molecule has 1 aliphatic heterocycles. The first-order chi connectivity index (χ1) is 13.1. The number of allylic oxidation sites excluding steroid dienone is 2. The van der Waals surface area contributed by atoms with E-state index in [2.05, 4.69) is 17.1 Å². The Labute approximate surface area is 161 Å². The van der Waals surface area contributed by atoms with E-state index in [-0.39, 0.29) is 0 Å². The Kier molecular flexibility index (Phi) is 4.34. The number of rotatable bonds is 4. The standard InChI is InChI=1S/C22H26N2O2S/c25-27(26,22-8-7-18-3-1-2-4-19(18)15-22)24-11-9-23(10-12-24)16-21-14-17-5-6-20(21)13-17/h1-8,15,17,20-21H,9-14,16H2/t17-,20+,21+/m1/s1. The van der Waals surface area contributed by atoms with E-state index in [4.69, 9.17) is 0 Å². The normalized spacial score (nSPS) is 29.0. The third-order valence-electron chi connectivity index (χ3n) is 6.60. The first-order valence-electron chi connectivity index (χ1n) is 9.99. The SMILES string of the molecule is O=S(=O)(c1ccc2ccccc2c1)N1CCN(C[C@@H]2C[C@@H]3C=C[C@H]2C3)CC1. The Bertz CT molecular complexity index is 977. The van der Waals surface area contributed by atoms with E-state index in [1.807, 2.05) is 30.3 Å². The molecule has 1 heterocycles. The van der Waals surface area contributed by atoms with Gasteiger partial charge in [0.1, 0.15) is 0 Å². The van der Waals surface area contributed by atoms with E-state index in [0.717, 1.165) is 48.2 Å². The summed E-state index contributed by atoms with van der Waals surface area (Å²) in [4.78, 5) is 2.87. The zero-order chi connectivity index (χ0) is 18.4. The zero-order valence-corrected chi connectivity index (χ0v) is 16.3. The molecule has 3 atom stereocenters. The predicted octanol–water partition coefficient (Wildman–Crippen LogP) is 3.36. The van der Waals surface area contributed by atoms with Crippen LogP contribution in [0.15, 0.2) is 59.5 Å². The van der Waals surface area contributed by atoms with Crippen LogP contribution in [-0.4, -0.2) is 50.3 Å². The Morgan fingerprint density at radius 3 is 2.37 bits per heavy atom. The summed E-state index contributed by atoms with van der Waals surface area (Å²) in [6.45, 7) is 3.97. The van der Waals surface area contributed by atoms with E-state index in [1.165, 1.54) is 12.8 Å². The van der Waals surface area contributed by atoms with Crippen LogP contribution < -0.4 is 0 Å². The Morgan fingerprint density at radius 1 is 0.889 bits per heavy atom. The molecule has 0 aromatic heterocycles. The van der Waals surface area contributed by atoms with Gasteiger partial charge in [-0.15, -0.1) is 0 Å². The van der Waals surface area contributed by atoms with Crippen LogP contribution in [0.25, 0.3) is 10.8 Å². The highest BCUT2D eigenvalue weighted by atomic mass is 32.2. The van der Waals surface area contributed by atoms with Crippen LogP contribution in [0, 0.1) is 17.8 Å². The second-order valence-corrected chi connectivity index (χ2v) is 10.2. The van der Waals surface area contributed by atoms with Gasteiger partial charge in [-0.25, -0.2) is 8.42 Å². The van der Waals surface area contributed by atoms with Gasteiger partial charge in [-0.1, -0.05) is 42.5 Å². The van der Waals surface area contributed by atoms with Crippen molar-refractivity contribution in [3.63, 3.8) is 0 Å². The molecule has 0 amide bonds. The van der Waals surface area contributed by atoms with Crippen molar-refractivity contribution >= 4 is 20.8 Å². The third kappa shape index (κ3) is 3.22. The number of nitrogens with zero attached hydrogens (tertiary/aromatic N) is 2. The molecule has 0 unspecified atom stereocenters. The monoisotopic (exact) mass is 382 g/mol. The van der Waals surface area contributed by atoms with Gasteiger partial charge >= 0.3 is 0 Å². The van der Waals surface area contributed by atoms with Gasteiger partial charge in [-0.2, -0.15) is 4.31 Å². The topological polar surface area (TPSA) is 40.6 Å². The second kappa shape index (κ2) is 6.73. The van der Waals surface area contributed by atoms with Crippen molar-refractivity contribution in [2.45, 2.75) is 17.7 Å². The molecule has 27 heavy (non-hydrogen) atoms. The first kappa shape index (κ1) is 17.4. The van der Waals surface area contributed by atoms with Gasteiger partial charge in [-0.3, -0.25) is 0 Å². The highest BCUT2D eigenvalue weighted by Crippen LogP contribution is 2.43. The van der Waals surface area contributed by atoms with Gasteiger partial charge in [0.25, 0.3) is 0 Å². The van der Waals surface area contributed by atoms with Gasteiger partial charge in [-0.05, 0) is 53.5 Å². The molecule has 5 rings (SSSR count). The summed E-state index contributed by atoms with van der Waals surface area (Å²) in [7, 11) is -3.42. The van der Waals surface area contributed by atoms with Crippen LogP contribution in [0.4, 0.5) is 0 Å². The van der Waals surface area contributed by atoms with Crippen LogP contribution in [0.2, 0.25) is 0 Å². The maximum Gasteiger partial charge on any atom is 0.243 e. The van der Waals surface area contributed by atoms with Gasteiger partial charge in [0.05, 0.1) is 4.90 Å². The third-order valence-corrected chi connectivity index (χ3v) is 8.49. The average molecular weight is 383 g/mol. The highest BCUT2D eigenvalue weighted by molar-refractivity contribution is 7.89. The van der Waals surface area contributed by atoms with Crippen LogP contribution >= 0.6 is 0 Å². The van der Waals surface area contributed by atoms with E-state index >= 15 is 0 Å². The summed E-state index contributed by atoms with van der Waals surface area (Å²) >= 11 is 0. The fourth-order valence-corrected chi connectivity index (χ4v) is 6.52. The van der Waals surface area contributed by atoms with Crippen molar-refractivity contribution in [3.05, 3.63) is 54.6 Å². The fourth-order valence-electron chi connectivity index (χ4n) is 5.07. The Hall–Kier alpha value is -1.69. The molecule has 2 bridgehead atoms. The van der Waals surface area contributed by atoms with Crippen LogP contribution in [-0.2, 0) is 10.0 Å². The summed E-state index contributed by atoms with van der Waals surface area (Å²) in [5.41, 5.74) is 0. The smallest absolute Gasteiger partial charge is 0.243 e. The van der Waals surface area contributed by atoms with Crippen LogP contribution in [0.5, 0.6) is 0 Å². The molecular weight excluding hydrogens is 356 g/mol. The lowest BCUT2D eigenvalue weighted by Gasteiger charge is -2.36. The molecule has 4 nitrogen and oxygen atoms in total. The van der Waals surface area contributed by atoms with Crippen LogP contribution in [0.3, 0.4) is 0 Å². The number of hydrogen-bond donors (Lipinski definition) is 0. The molecule has 1 saturated carbocycles. The van der Waals surface area contributed by atoms with Gasteiger partial charge < -0.3 is 4.90 Å². The maximum atomic E-state index is 13.1. The van der Waals surface area contributed by atoms with Crippen molar-refractivity contribution in [2.75, 3.05) is 32.7 Å². The van der Waals surface area contributed by atoms with Crippen molar-refractivity contribution in [3.8, 4) is 0 Å². The summed E-state index contributed by atoms with van der Waals surface area (Å²) in [6.07, 6.45) is 7.44. The van der Waals surface area contributed by atoms with Crippen molar-refractivity contribution in [1.82, 2.24) is 9.21 Å². The van der Waals surface area contributed by atoms with Gasteiger partial charge in [0.15, 0.2) is 0 Å². The minimum atomic E-state index is -3.42. The number of sulfonamides is 1. The molecule has 5 heteroatoms. The Morgan fingerprint density at radius 2 is 1.67 bits per heavy atom. The molecular formula is C22H26N2O2S. The molecule has 2 aliphatic carbocycles. The zero-order valence-electron chi connectivity index (χ0n) is 15.5. The molecule has 0 radical (unpaired) electrons. The molecule has 1 saturated heterocycles. The number of hydrogen-bond acceptors (Lipinski definition) is 3. The lowest BCUT2D eigenvalue weighted by Crippen LogP contribution is -2.49. The average Bonchev–Trinajstić information content (AvgIpc) is 3.31. The first-order valence-corrected chi connectivity index (χ1v) is 11.4. The summed E-state index contributed by atoms with van der Waals surface area (Å²) in [6, 6.07) is 13.3. The summed E-state index contributed by atoms with van der Waals surface area (Å²) in [5, 5.41) is 2.04. The second-order valence-electron chi connectivity index (χ2n) is 8.25. The van der Waals surface area contributed by atoms with Crippen molar-refractivity contribution < 1.29 is 8.42 Å². The number of piperazine rings is 1. The van der Waals surface area contributed by atoms with Crippen molar-refractivity contribution in [2.24, 2.45) is 17.8 Å². The molecule has 0 N–H and O–H groups in total. The van der Waals surface area contributed by atoms with E-state index in [1.54, 1.807) is 16.4 Å². The lowest BCUT2D eigenvalue weighted by molar-refractivity contribution is 0.156. The molecule has 2 aromatic rings. The van der Waals surface area contributed by atoms with Gasteiger partial charge in [0, 0.05) is 32.7 Å². The maximum absolute atomic E-state index is 13.1. The quantitative estimate of drug-likeness (QED) is 0.762. The molecule has 2 aromatic carbocycles. The fraction of sp³-hybridized carbons (Fsp3) is 0.455. The van der Waals surface area contributed by atoms with E-state index in [9.17, 15) is 8.42 Å². The minimum absolute atomic E-state index is 0.410. The number of benzene rings is 2. The predicted molar refractivity (Wildman–Crippen MR) is 108 cm³/mol. The highest BCUT2D eigenvalue weighted by Gasteiger charge is 2.37. The molecule has 2 fully saturated rings. The van der Waals surface area contributed by atoms with Crippen molar-refractivity contribution in [1.29, 1.82) is 0 Å². The lowest BCUT2D eigenvalue weighted by atomic mass is 9.93. The molecule has 3 aliphatic rings. The molecule has 142 valence electrons. The van der Waals surface area contributed by atoms with Crippen LogP contribution in [0.1, 0.15) is 12.8 Å². The minimum Gasteiger partial charge on any atom is -0.300 e. The molecule has 0 spiro atoms. The van der Waals surface area contributed by atoms with E-state index in [0.29, 0.717) is 18.0 Å². The van der Waals surface area contributed by atoms with E-state index < -0.39 is 10.0 Å². The summed E-state index contributed by atoms with van der Waals surface area (Å²) in [5.74, 6) is 2.33. The van der Waals surface area contributed by atoms with Gasteiger partial charge in [0.2, 0.25) is 10.0 Å². The summed E-state index contributed by atoms with van der Waals surface area (Å²) < 4.78 is 27.8. The largest absolute Gasteiger partial charge is 0.300 e. The number of fused-ring (bicyclic) bond motifs is 3.